The number of rotatable bonds is 4. The van der Waals surface area contributed by atoms with Gasteiger partial charge in [0.25, 0.3) is 0 Å². The summed E-state index contributed by atoms with van der Waals surface area (Å²) < 4.78 is 6.10. The quantitative estimate of drug-likeness (QED) is 0.723. The monoisotopic (exact) mass is 278 g/mol. The fourth-order valence-corrected chi connectivity index (χ4v) is 4.11. The van der Waals surface area contributed by atoms with Crippen molar-refractivity contribution in [1.82, 2.24) is 0 Å². The Balaban J connectivity index is 1.62. The average molecular weight is 279 g/mol. The Bertz CT molecular complexity index is 437. The van der Waals surface area contributed by atoms with Gasteiger partial charge in [0.15, 0.2) is 0 Å². The normalized spacial score (nSPS) is 24.2. The number of aryl methyl sites for hydroxylation is 1. The van der Waals surface area contributed by atoms with E-state index >= 15 is 0 Å². The van der Waals surface area contributed by atoms with Crippen LogP contribution in [0.1, 0.15) is 43.2 Å². The molecule has 1 aliphatic heterocycles. The van der Waals surface area contributed by atoms with Gasteiger partial charge in [-0.25, -0.2) is 0 Å². The molecule has 1 aromatic carbocycles. The van der Waals surface area contributed by atoms with E-state index in [1.54, 1.807) is 0 Å². The molecule has 0 amide bonds. The van der Waals surface area contributed by atoms with E-state index in [9.17, 15) is 0 Å². The van der Waals surface area contributed by atoms with Crippen molar-refractivity contribution in [2.45, 2.75) is 51.6 Å². The van der Waals surface area contributed by atoms with Crippen LogP contribution in [0.3, 0.4) is 0 Å². The maximum atomic E-state index is 6.21. The fourth-order valence-electron chi connectivity index (χ4n) is 3.73. The van der Waals surface area contributed by atoms with Crippen molar-refractivity contribution in [2.24, 2.45) is 11.8 Å². The van der Waals surface area contributed by atoms with Crippen molar-refractivity contribution < 1.29 is 4.74 Å². The lowest BCUT2D eigenvalue weighted by Gasteiger charge is -2.23. The highest BCUT2D eigenvalue weighted by atomic mass is 35.5. The first kappa shape index (κ1) is 13.3. The molecule has 104 valence electrons. The van der Waals surface area contributed by atoms with Gasteiger partial charge in [0.05, 0.1) is 0 Å². The molecule has 1 saturated carbocycles. The fraction of sp³-hybridized carbons (Fsp3) is 0.647. The zero-order valence-corrected chi connectivity index (χ0v) is 12.5. The Labute approximate surface area is 121 Å². The molecule has 1 nitrogen and oxygen atoms in total. The molecule has 0 N–H and O–H groups in total. The van der Waals surface area contributed by atoms with Gasteiger partial charge >= 0.3 is 0 Å². The second kappa shape index (κ2) is 5.75. The van der Waals surface area contributed by atoms with Crippen LogP contribution >= 0.6 is 11.6 Å². The van der Waals surface area contributed by atoms with Gasteiger partial charge in [0, 0.05) is 12.3 Å². The van der Waals surface area contributed by atoms with Gasteiger partial charge in [-0.3, -0.25) is 0 Å². The summed E-state index contributed by atoms with van der Waals surface area (Å²) in [5.41, 5.74) is 2.71. The Hall–Kier alpha value is -0.690. The predicted molar refractivity (Wildman–Crippen MR) is 80.1 cm³/mol. The Morgan fingerprint density at radius 3 is 2.84 bits per heavy atom. The highest BCUT2D eigenvalue weighted by Gasteiger charge is 2.30. The SMILES string of the molecule is Cc1ccc2c(c1)CC(CC(CCl)C1CCCC1)O2. The van der Waals surface area contributed by atoms with Crippen LogP contribution in [0, 0.1) is 18.8 Å². The largest absolute Gasteiger partial charge is 0.490 e. The van der Waals surface area contributed by atoms with Crippen LogP contribution in [0.5, 0.6) is 5.75 Å². The summed E-state index contributed by atoms with van der Waals surface area (Å²) in [6.45, 7) is 2.15. The molecule has 1 aliphatic carbocycles. The van der Waals surface area contributed by atoms with Gasteiger partial charge in [0.2, 0.25) is 0 Å². The maximum absolute atomic E-state index is 6.21. The molecule has 19 heavy (non-hydrogen) atoms. The van der Waals surface area contributed by atoms with E-state index in [1.807, 2.05) is 0 Å². The first-order valence-corrected chi connectivity index (χ1v) is 8.12. The second-order valence-corrected chi connectivity index (χ2v) is 6.56. The second-order valence-electron chi connectivity index (χ2n) is 6.25. The average Bonchev–Trinajstić information content (AvgIpc) is 3.04. The van der Waals surface area contributed by atoms with E-state index in [4.69, 9.17) is 16.3 Å². The molecular formula is C17H23ClO. The lowest BCUT2D eigenvalue weighted by Crippen LogP contribution is -2.23. The summed E-state index contributed by atoms with van der Waals surface area (Å²) >= 11 is 6.21. The van der Waals surface area contributed by atoms with Gasteiger partial charge in [-0.2, -0.15) is 0 Å². The molecule has 0 saturated heterocycles. The molecule has 2 heteroatoms. The van der Waals surface area contributed by atoms with E-state index in [-0.39, 0.29) is 0 Å². The molecule has 2 atom stereocenters. The third-order valence-corrected chi connectivity index (χ3v) is 5.18. The number of hydrogen-bond donors (Lipinski definition) is 0. The van der Waals surface area contributed by atoms with Crippen molar-refractivity contribution in [1.29, 1.82) is 0 Å². The van der Waals surface area contributed by atoms with Crippen molar-refractivity contribution >= 4 is 11.6 Å². The smallest absolute Gasteiger partial charge is 0.123 e. The minimum absolute atomic E-state index is 0.348. The zero-order valence-electron chi connectivity index (χ0n) is 11.7. The molecule has 2 unspecified atom stereocenters. The Morgan fingerprint density at radius 2 is 2.11 bits per heavy atom. The number of fused-ring (bicyclic) bond motifs is 1. The molecule has 1 fully saturated rings. The van der Waals surface area contributed by atoms with Crippen LogP contribution in [0.25, 0.3) is 0 Å². The Morgan fingerprint density at radius 1 is 1.32 bits per heavy atom. The van der Waals surface area contributed by atoms with E-state index < -0.39 is 0 Å². The van der Waals surface area contributed by atoms with Crippen LogP contribution in [0.4, 0.5) is 0 Å². The maximum Gasteiger partial charge on any atom is 0.123 e. The first-order chi connectivity index (χ1) is 9.26. The van der Waals surface area contributed by atoms with Crippen LogP contribution < -0.4 is 4.74 Å². The molecule has 0 radical (unpaired) electrons. The summed E-state index contributed by atoms with van der Waals surface area (Å²) in [6.07, 6.45) is 8.07. The molecular weight excluding hydrogens is 256 g/mol. The van der Waals surface area contributed by atoms with Gasteiger partial charge in [-0.1, -0.05) is 43.4 Å². The van der Waals surface area contributed by atoms with Crippen LogP contribution in [0.2, 0.25) is 0 Å². The van der Waals surface area contributed by atoms with Gasteiger partial charge in [-0.15, -0.1) is 11.6 Å². The topological polar surface area (TPSA) is 9.23 Å². The molecule has 0 spiro atoms. The first-order valence-electron chi connectivity index (χ1n) is 7.58. The van der Waals surface area contributed by atoms with Crippen LogP contribution in [0.15, 0.2) is 18.2 Å². The molecule has 1 heterocycles. The highest BCUT2D eigenvalue weighted by Crippen LogP contribution is 2.38. The van der Waals surface area contributed by atoms with Crippen molar-refractivity contribution in [2.75, 3.05) is 5.88 Å². The molecule has 0 bridgehead atoms. The van der Waals surface area contributed by atoms with E-state index in [0.717, 1.165) is 30.4 Å². The van der Waals surface area contributed by atoms with E-state index in [1.165, 1.54) is 36.8 Å². The number of hydrogen-bond acceptors (Lipinski definition) is 1. The number of alkyl halides is 1. The summed E-state index contributed by atoms with van der Waals surface area (Å²) in [7, 11) is 0. The summed E-state index contributed by atoms with van der Waals surface area (Å²) in [4.78, 5) is 0. The zero-order chi connectivity index (χ0) is 13.2. The lowest BCUT2D eigenvalue weighted by molar-refractivity contribution is 0.176. The molecule has 2 aliphatic rings. The Kier molecular flexibility index (Phi) is 4.02. The van der Waals surface area contributed by atoms with Gasteiger partial charge in [0.1, 0.15) is 11.9 Å². The van der Waals surface area contributed by atoms with Crippen molar-refractivity contribution in [3.05, 3.63) is 29.3 Å². The number of ether oxygens (including phenoxy) is 1. The summed E-state index contributed by atoms with van der Waals surface area (Å²) in [5, 5.41) is 0. The predicted octanol–water partition coefficient (Wildman–Crippen LogP) is 4.73. The number of benzene rings is 1. The molecule has 0 aromatic heterocycles. The summed E-state index contributed by atoms with van der Waals surface area (Å²) in [5.74, 6) is 3.37. The van der Waals surface area contributed by atoms with Crippen LogP contribution in [-0.4, -0.2) is 12.0 Å². The van der Waals surface area contributed by atoms with E-state index in [0.29, 0.717) is 12.0 Å². The van der Waals surface area contributed by atoms with Gasteiger partial charge in [-0.05, 0) is 36.8 Å². The molecule has 3 rings (SSSR count). The lowest BCUT2D eigenvalue weighted by atomic mass is 9.87. The summed E-state index contributed by atoms with van der Waals surface area (Å²) in [6, 6.07) is 6.52. The minimum Gasteiger partial charge on any atom is -0.490 e. The minimum atomic E-state index is 0.348. The standard InChI is InChI=1S/C17H23ClO/c1-12-6-7-17-14(8-12)9-16(19-17)10-15(11-18)13-4-2-3-5-13/h6-8,13,15-16H,2-5,9-11H2,1H3. The van der Waals surface area contributed by atoms with E-state index in [2.05, 4.69) is 25.1 Å². The van der Waals surface area contributed by atoms with Crippen LogP contribution in [-0.2, 0) is 6.42 Å². The third kappa shape index (κ3) is 2.91. The third-order valence-electron chi connectivity index (χ3n) is 4.79. The van der Waals surface area contributed by atoms with Gasteiger partial charge < -0.3 is 4.74 Å². The van der Waals surface area contributed by atoms with Crippen molar-refractivity contribution in [3.8, 4) is 5.75 Å². The number of halogens is 1. The highest BCUT2D eigenvalue weighted by molar-refractivity contribution is 6.18. The van der Waals surface area contributed by atoms with Crippen molar-refractivity contribution in [3.63, 3.8) is 0 Å². The molecule has 1 aromatic rings.